The number of hydrogen-bond acceptors (Lipinski definition) is 6. The third-order valence-corrected chi connectivity index (χ3v) is 6.56. The largest absolute Gasteiger partial charge is 0.416 e. The molecule has 0 atom stereocenters. The van der Waals surface area contributed by atoms with Crippen molar-refractivity contribution in [2.45, 2.75) is 32.1 Å². The van der Waals surface area contributed by atoms with E-state index in [1.165, 1.54) is 17.8 Å². The summed E-state index contributed by atoms with van der Waals surface area (Å²) in [6, 6.07) is 5.29. The number of halogens is 3. The molecule has 0 spiro atoms. The van der Waals surface area contributed by atoms with E-state index in [1.807, 2.05) is 25.7 Å². The van der Waals surface area contributed by atoms with E-state index < -0.39 is 11.7 Å². The third kappa shape index (κ3) is 4.52. The molecular formula is C21H23F3N6OS. The first-order chi connectivity index (χ1) is 15.1. The average Bonchev–Trinajstić information content (AvgIpc) is 3.18. The Morgan fingerprint density at radius 2 is 1.81 bits per heavy atom. The van der Waals surface area contributed by atoms with E-state index in [0.717, 1.165) is 29.1 Å². The zero-order valence-electron chi connectivity index (χ0n) is 18.0. The number of carbonyl (C=O) groups is 1. The minimum Gasteiger partial charge on any atom is -0.368 e. The van der Waals surface area contributed by atoms with Crippen molar-refractivity contribution in [3.05, 3.63) is 46.8 Å². The number of hydrogen-bond donors (Lipinski definition) is 0. The van der Waals surface area contributed by atoms with Crippen molar-refractivity contribution in [1.82, 2.24) is 24.5 Å². The van der Waals surface area contributed by atoms with Crippen LogP contribution in [-0.2, 0) is 11.0 Å². The van der Waals surface area contributed by atoms with Gasteiger partial charge in [0.1, 0.15) is 0 Å². The van der Waals surface area contributed by atoms with Crippen molar-refractivity contribution < 1.29 is 18.0 Å². The Balaban J connectivity index is 1.34. The first-order valence-corrected chi connectivity index (χ1v) is 11.2. The lowest BCUT2D eigenvalue weighted by atomic mass is 10.1. The second-order valence-corrected chi connectivity index (χ2v) is 8.66. The van der Waals surface area contributed by atoms with Crippen LogP contribution < -0.4 is 4.90 Å². The summed E-state index contributed by atoms with van der Waals surface area (Å²) in [5.74, 6) is 0.655. The van der Waals surface area contributed by atoms with Crippen LogP contribution in [0.5, 0.6) is 0 Å². The van der Waals surface area contributed by atoms with Crippen molar-refractivity contribution in [3.8, 4) is 0 Å². The Hall–Kier alpha value is -2.82. The molecule has 0 radical (unpaired) electrons. The molecular weight excluding hydrogens is 441 g/mol. The first-order valence-electron chi connectivity index (χ1n) is 10.2. The van der Waals surface area contributed by atoms with Crippen LogP contribution in [-0.4, -0.2) is 62.3 Å². The normalized spacial score (nSPS) is 14.9. The summed E-state index contributed by atoms with van der Waals surface area (Å²) in [5.41, 5.74) is 2.76. The van der Waals surface area contributed by atoms with Crippen LogP contribution >= 0.6 is 11.8 Å². The van der Waals surface area contributed by atoms with Crippen molar-refractivity contribution in [1.29, 1.82) is 0 Å². The van der Waals surface area contributed by atoms with Crippen LogP contribution in [0.1, 0.15) is 22.5 Å². The summed E-state index contributed by atoms with van der Waals surface area (Å²) in [7, 11) is 0. The molecule has 0 unspecified atom stereocenters. The Labute approximate surface area is 187 Å². The Morgan fingerprint density at radius 3 is 2.50 bits per heavy atom. The standard InChI is InChI=1S/C21H23F3N6OS/c1-13-14(2)25-19-26-20(27-30(19)15(13)3)32-12-18(31)29-9-7-28(8-10-29)17-6-4-5-16(11-17)21(22,23)24/h4-6,11H,7-10,12H2,1-3H3. The molecule has 1 saturated heterocycles. The average molecular weight is 465 g/mol. The highest BCUT2D eigenvalue weighted by atomic mass is 32.2. The molecule has 4 rings (SSSR count). The van der Waals surface area contributed by atoms with Gasteiger partial charge in [-0.05, 0) is 44.5 Å². The van der Waals surface area contributed by atoms with E-state index in [2.05, 4.69) is 15.1 Å². The van der Waals surface area contributed by atoms with Crippen LogP contribution in [0.15, 0.2) is 29.4 Å². The number of piperazine rings is 1. The SMILES string of the molecule is Cc1nc2nc(SCC(=O)N3CCN(c4cccc(C(F)(F)F)c4)CC3)nn2c(C)c1C. The number of amides is 1. The number of anilines is 1. The Morgan fingerprint density at radius 1 is 1.09 bits per heavy atom. The zero-order valence-corrected chi connectivity index (χ0v) is 18.8. The second-order valence-electron chi connectivity index (χ2n) is 7.72. The molecule has 2 aromatic heterocycles. The van der Waals surface area contributed by atoms with E-state index in [4.69, 9.17) is 0 Å². The maximum absolute atomic E-state index is 13.0. The van der Waals surface area contributed by atoms with Crippen LogP contribution in [0, 0.1) is 20.8 Å². The number of benzene rings is 1. The molecule has 1 fully saturated rings. The predicted octanol–water partition coefficient (Wildman–Crippen LogP) is 3.51. The number of fused-ring (bicyclic) bond motifs is 1. The highest BCUT2D eigenvalue weighted by Gasteiger charge is 2.31. The first kappa shape index (κ1) is 22.4. The molecule has 32 heavy (non-hydrogen) atoms. The zero-order chi connectivity index (χ0) is 23.0. The van der Waals surface area contributed by atoms with Gasteiger partial charge in [-0.25, -0.2) is 9.50 Å². The lowest BCUT2D eigenvalue weighted by Crippen LogP contribution is -2.49. The summed E-state index contributed by atoms with van der Waals surface area (Å²) >= 11 is 1.26. The van der Waals surface area contributed by atoms with Crippen molar-refractivity contribution >= 4 is 29.1 Å². The fraction of sp³-hybridized carbons (Fsp3) is 0.429. The highest BCUT2D eigenvalue weighted by Crippen LogP contribution is 2.32. The van der Waals surface area contributed by atoms with Gasteiger partial charge in [-0.15, -0.1) is 5.10 Å². The number of aryl methyl sites for hydroxylation is 2. The Bertz CT molecular complexity index is 1150. The van der Waals surface area contributed by atoms with Gasteiger partial charge in [-0.1, -0.05) is 17.8 Å². The molecule has 3 aromatic rings. The van der Waals surface area contributed by atoms with E-state index in [-0.39, 0.29) is 11.7 Å². The van der Waals surface area contributed by atoms with E-state index in [1.54, 1.807) is 15.5 Å². The quantitative estimate of drug-likeness (QED) is 0.551. The molecule has 0 bridgehead atoms. The van der Waals surface area contributed by atoms with Crippen LogP contribution in [0.25, 0.3) is 5.78 Å². The van der Waals surface area contributed by atoms with E-state index >= 15 is 0 Å². The van der Waals surface area contributed by atoms with Gasteiger partial charge in [0.25, 0.3) is 5.78 Å². The summed E-state index contributed by atoms with van der Waals surface area (Å²) in [6.07, 6.45) is -4.37. The van der Waals surface area contributed by atoms with Gasteiger partial charge < -0.3 is 9.80 Å². The fourth-order valence-electron chi connectivity index (χ4n) is 3.61. The lowest BCUT2D eigenvalue weighted by molar-refractivity contribution is -0.137. The van der Waals surface area contributed by atoms with Gasteiger partial charge in [0, 0.05) is 43.3 Å². The molecule has 0 N–H and O–H groups in total. The molecule has 0 saturated carbocycles. The molecule has 0 aliphatic carbocycles. The maximum atomic E-state index is 13.0. The topological polar surface area (TPSA) is 66.6 Å². The fourth-order valence-corrected chi connectivity index (χ4v) is 4.33. The van der Waals surface area contributed by atoms with Gasteiger partial charge in [0.15, 0.2) is 0 Å². The van der Waals surface area contributed by atoms with Crippen molar-refractivity contribution in [3.63, 3.8) is 0 Å². The van der Waals surface area contributed by atoms with E-state index in [9.17, 15) is 18.0 Å². The molecule has 3 heterocycles. The monoisotopic (exact) mass is 464 g/mol. The minimum atomic E-state index is -4.37. The van der Waals surface area contributed by atoms with Crippen molar-refractivity contribution in [2.75, 3.05) is 36.8 Å². The molecule has 1 aliphatic heterocycles. The van der Waals surface area contributed by atoms with Gasteiger partial charge >= 0.3 is 6.18 Å². The summed E-state index contributed by atoms with van der Waals surface area (Å²) in [4.78, 5) is 25.1. The maximum Gasteiger partial charge on any atom is 0.416 e. The number of nitrogens with zero attached hydrogens (tertiary/aromatic N) is 6. The van der Waals surface area contributed by atoms with Gasteiger partial charge in [-0.2, -0.15) is 18.2 Å². The van der Waals surface area contributed by atoms with Crippen LogP contribution in [0.2, 0.25) is 0 Å². The van der Waals surface area contributed by atoms with Crippen LogP contribution in [0.3, 0.4) is 0 Å². The number of alkyl halides is 3. The smallest absolute Gasteiger partial charge is 0.368 e. The second kappa shape index (κ2) is 8.61. The lowest BCUT2D eigenvalue weighted by Gasteiger charge is -2.36. The number of carbonyl (C=O) groups excluding carboxylic acids is 1. The molecule has 1 aromatic carbocycles. The molecule has 11 heteroatoms. The molecule has 7 nitrogen and oxygen atoms in total. The Kier molecular flexibility index (Phi) is 6.02. The number of thioether (sulfide) groups is 1. The summed E-state index contributed by atoms with van der Waals surface area (Å²) < 4.78 is 40.6. The molecule has 1 aliphatic rings. The number of rotatable bonds is 4. The van der Waals surface area contributed by atoms with Gasteiger partial charge in [0.2, 0.25) is 11.1 Å². The minimum absolute atomic E-state index is 0.0467. The number of aromatic nitrogens is 4. The van der Waals surface area contributed by atoms with E-state index in [0.29, 0.717) is 42.8 Å². The molecule has 1 amide bonds. The van der Waals surface area contributed by atoms with Crippen LogP contribution in [0.4, 0.5) is 18.9 Å². The third-order valence-electron chi connectivity index (χ3n) is 5.74. The highest BCUT2D eigenvalue weighted by molar-refractivity contribution is 7.99. The molecule has 170 valence electrons. The van der Waals surface area contributed by atoms with Gasteiger partial charge in [0.05, 0.1) is 11.3 Å². The van der Waals surface area contributed by atoms with Crippen molar-refractivity contribution in [2.24, 2.45) is 0 Å². The predicted molar refractivity (Wildman–Crippen MR) is 116 cm³/mol. The summed E-state index contributed by atoms with van der Waals surface area (Å²) in [5, 5.41) is 4.93. The summed E-state index contributed by atoms with van der Waals surface area (Å²) in [6.45, 7) is 7.72. The van der Waals surface area contributed by atoms with Gasteiger partial charge in [-0.3, -0.25) is 4.79 Å².